The molecule has 2 amide bonds. The summed E-state index contributed by atoms with van der Waals surface area (Å²) >= 11 is 0. The summed E-state index contributed by atoms with van der Waals surface area (Å²) in [6, 6.07) is 3.84. The number of hydrogen-bond donors (Lipinski definition) is 2. The molecule has 1 fully saturated rings. The summed E-state index contributed by atoms with van der Waals surface area (Å²) < 4.78 is 16.0. The lowest BCUT2D eigenvalue weighted by Crippen LogP contribution is -2.41. The molecule has 0 saturated heterocycles. The molecule has 0 unspecified atom stereocenters. The zero-order valence-electron chi connectivity index (χ0n) is 14.8. The first-order chi connectivity index (χ1) is 11.7. The zero-order chi connectivity index (χ0) is 17.4. The van der Waals surface area contributed by atoms with E-state index < -0.39 is 0 Å². The molecule has 1 aliphatic rings. The van der Waals surface area contributed by atoms with E-state index in [0.717, 1.165) is 18.4 Å². The van der Waals surface area contributed by atoms with Gasteiger partial charge < -0.3 is 24.8 Å². The van der Waals surface area contributed by atoms with Gasteiger partial charge in [-0.1, -0.05) is 25.7 Å². The summed E-state index contributed by atoms with van der Waals surface area (Å²) in [7, 11) is 4.72. The zero-order valence-corrected chi connectivity index (χ0v) is 14.8. The van der Waals surface area contributed by atoms with Crippen LogP contribution in [0.2, 0.25) is 0 Å². The molecule has 0 radical (unpaired) electrons. The Morgan fingerprint density at radius 3 is 2.08 bits per heavy atom. The number of carbonyl (C=O) groups excluding carboxylic acids is 1. The quantitative estimate of drug-likeness (QED) is 0.783. The maximum atomic E-state index is 12.1. The molecule has 1 aliphatic carbocycles. The van der Waals surface area contributed by atoms with Crippen LogP contribution in [-0.2, 0) is 6.54 Å². The fourth-order valence-electron chi connectivity index (χ4n) is 3.08. The molecule has 134 valence electrons. The number of nitrogens with one attached hydrogen (secondary N) is 2. The molecule has 6 nitrogen and oxygen atoms in total. The Balaban J connectivity index is 1.94. The lowest BCUT2D eigenvalue weighted by atomic mass is 10.1. The Labute approximate surface area is 143 Å². The fourth-order valence-corrected chi connectivity index (χ4v) is 3.08. The normalized spacial score (nSPS) is 15.3. The van der Waals surface area contributed by atoms with Crippen LogP contribution >= 0.6 is 0 Å². The number of urea groups is 1. The molecule has 1 aromatic carbocycles. The molecule has 0 atom stereocenters. The largest absolute Gasteiger partial charge is 0.493 e. The van der Waals surface area contributed by atoms with Crippen LogP contribution in [0, 0.1) is 0 Å². The number of ether oxygens (including phenoxy) is 3. The Morgan fingerprint density at radius 2 is 1.58 bits per heavy atom. The van der Waals surface area contributed by atoms with Gasteiger partial charge in [-0.3, -0.25) is 0 Å². The molecule has 0 aromatic heterocycles. The van der Waals surface area contributed by atoms with Gasteiger partial charge in [0, 0.05) is 12.6 Å². The molecule has 2 rings (SSSR count). The second-order valence-corrected chi connectivity index (χ2v) is 6.05. The van der Waals surface area contributed by atoms with Crippen molar-refractivity contribution in [2.75, 3.05) is 21.3 Å². The van der Waals surface area contributed by atoms with Crippen LogP contribution in [0.15, 0.2) is 12.1 Å². The lowest BCUT2D eigenvalue weighted by molar-refractivity contribution is 0.235. The molecule has 1 saturated carbocycles. The predicted octanol–water partition coefficient (Wildman–Crippen LogP) is 3.23. The van der Waals surface area contributed by atoms with E-state index in [0.29, 0.717) is 23.8 Å². The van der Waals surface area contributed by atoms with E-state index in [2.05, 4.69) is 10.6 Å². The van der Waals surface area contributed by atoms with E-state index in [1.165, 1.54) is 25.7 Å². The molecule has 6 heteroatoms. The molecule has 0 aliphatic heterocycles. The first kappa shape index (κ1) is 18.2. The van der Waals surface area contributed by atoms with Gasteiger partial charge in [-0.15, -0.1) is 0 Å². The van der Waals surface area contributed by atoms with Crippen molar-refractivity contribution in [2.24, 2.45) is 0 Å². The third-order valence-electron chi connectivity index (χ3n) is 4.37. The van der Waals surface area contributed by atoms with Crippen LogP contribution in [-0.4, -0.2) is 33.4 Å². The van der Waals surface area contributed by atoms with Crippen LogP contribution < -0.4 is 24.8 Å². The van der Waals surface area contributed by atoms with E-state index in [1.54, 1.807) is 21.3 Å². The van der Waals surface area contributed by atoms with Gasteiger partial charge in [0.25, 0.3) is 0 Å². The summed E-state index contributed by atoms with van der Waals surface area (Å²) in [5, 5.41) is 5.98. The second-order valence-electron chi connectivity index (χ2n) is 6.05. The monoisotopic (exact) mass is 336 g/mol. The Bertz CT molecular complexity index is 515. The summed E-state index contributed by atoms with van der Waals surface area (Å²) in [5.74, 6) is 1.71. The van der Waals surface area contributed by atoms with Crippen molar-refractivity contribution in [1.29, 1.82) is 0 Å². The minimum atomic E-state index is -0.129. The van der Waals surface area contributed by atoms with Gasteiger partial charge in [0.2, 0.25) is 5.75 Å². The predicted molar refractivity (Wildman–Crippen MR) is 93.0 cm³/mol. The molecule has 1 aromatic rings. The van der Waals surface area contributed by atoms with Crippen molar-refractivity contribution in [3.63, 3.8) is 0 Å². The molecule has 24 heavy (non-hydrogen) atoms. The van der Waals surface area contributed by atoms with Crippen LogP contribution in [0.5, 0.6) is 17.2 Å². The van der Waals surface area contributed by atoms with Crippen molar-refractivity contribution in [3.8, 4) is 17.2 Å². The summed E-state index contributed by atoms with van der Waals surface area (Å²) in [6.45, 7) is 0.398. The summed E-state index contributed by atoms with van der Waals surface area (Å²) in [4.78, 5) is 12.1. The number of methoxy groups -OCH3 is 3. The highest BCUT2D eigenvalue weighted by atomic mass is 16.5. The van der Waals surface area contributed by atoms with Crippen molar-refractivity contribution in [1.82, 2.24) is 10.6 Å². The molecular weight excluding hydrogens is 308 g/mol. The molecular formula is C18H28N2O4. The van der Waals surface area contributed by atoms with Crippen LogP contribution in [0.1, 0.15) is 44.1 Å². The number of amides is 2. The van der Waals surface area contributed by atoms with Crippen molar-refractivity contribution in [3.05, 3.63) is 17.7 Å². The van der Waals surface area contributed by atoms with Crippen molar-refractivity contribution in [2.45, 2.75) is 51.1 Å². The fraction of sp³-hybridized carbons (Fsp3) is 0.611. The van der Waals surface area contributed by atoms with Gasteiger partial charge >= 0.3 is 6.03 Å². The maximum absolute atomic E-state index is 12.1. The van der Waals surface area contributed by atoms with Gasteiger partial charge in [0.05, 0.1) is 21.3 Å². The highest BCUT2D eigenvalue weighted by Crippen LogP contribution is 2.38. The van der Waals surface area contributed by atoms with E-state index >= 15 is 0 Å². The molecule has 0 heterocycles. The first-order valence-corrected chi connectivity index (χ1v) is 8.51. The minimum absolute atomic E-state index is 0.129. The van der Waals surface area contributed by atoms with Gasteiger partial charge in [-0.25, -0.2) is 4.79 Å². The van der Waals surface area contributed by atoms with Gasteiger partial charge in [-0.2, -0.15) is 0 Å². The third kappa shape index (κ3) is 4.94. The van der Waals surface area contributed by atoms with Crippen molar-refractivity contribution >= 4 is 6.03 Å². The maximum Gasteiger partial charge on any atom is 0.315 e. The topological polar surface area (TPSA) is 68.8 Å². The minimum Gasteiger partial charge on any atom is -0.493 e. The molecule has 2 N–H and O–H groups in total. The van der Waals surface area contributed by atoms with E-state index in [4.69, 9.17) is 14.2 Å². The van der Waals surface area contributed by atoms with Crippen LogP contribution in [0.3, 0.4) is 0 Å². The molecule has 0 spiro atoms. The third-order valence-corrected chi connectivity index (χ3v) is 4.37. The van der Waals surface area contributed by atoms with Gasteiger partial charge in [-0.05, 0) is 30.5 Å². The van der Waals surface area contributed by atoms with E-state index in [1.807, 2.05) is 12.1 Å². The van der Waals surface area contributed by atoms with Gasteiger partial charge in [0.1, 0.15) is 0 Å². The van der Waals surface area contributed by atoms with Crippen molar-refractivity contribution < 1.29 is 19.0 Å². The van der Waals surface area contributed by atoms with E-state index in [-0.39, 0.29) is 12.1 Å². The van der Waals surface area contributed by atoms with Gasteiger partial charge in [0.15, 0.2) is 11.5 Å². The highest BCUT2D eigenvalue weighted by Gasteiger charge is 2.16. The number of benzene rings is 1. The van der Waals surface area contributed by atoms with Crippen LogP contribution in [0.4, 0.5) is 4.79 Å². The lowest BCUT2D eigenvalue weighted by Gasteiger charge is -2.17. The average Bonchev–Trinajstić information content (AvgIpc) is 2.87. The Kier molecular flexibility index (Phi) is 7.03. The SMILES string of the molecule is COc1cc(CNC(=O)NC2CCCCCC2)cc(OC)c1OC. The smallest absolute Gasteiger partial charge is 0.315 e. The standard InChI is InChI=1S/C18H28N2O4/c1-22-15-10-13(11-16(23-2)17(15)24-3)12-19-18(21)20-14-8-6-4-5-7-9-14/h10-11,14H,4-9,12H2,1-3H3,(H2,19,20,21). The van der Waals surface area contributed by atoms with E-state index in [9.17, 15) is 4.79 Å². The Hall–Kier alpha value is -2.11. The molecule has 0 bridgehead atoms. The average molecular weight is 336 g/mol. The number of carbonyl (C=O) groups is 1. The Morgan fingerprint density at radius 1 is 1.00 bits per heavy atom. The number of hydrogen-bond acceptors (Lipinski definition) is 4. The summed E-state index contributed by atoms with van der Waals surface area (Å²) in [6.07, 6.45) is 7.06. The number of rotatable bonds is 6. The van der Waals surface area contributed by atoms with Crippen LogP contribution in [0.25, 0.3) is 0 Å². The second kappa shape index (κ2) is 9.25. The first-order valence-electron chi connectivity index (χ1n) is 8.51. The highest BCUT2D eigenvalue weighted by molar-refractivity contribution is 5.74. The summed E-state index contributed by atoms with van der Waals surface area (Å²) in [5.41, 5.74) is 0.889.